The predicted molar refractivity (Wildman–Crippen MR) is 85.5 cm³/mol. The molecule has 0 spiro atoms. The Balaban J connectivity index is 1.93. The quantitative estimate of drug-likeness (QED) is 0.613. The topological polar surface area (TPSA) is 66.8 Å². The summed E-state index contributed by atoms with van der Waals surface area (Å²) < 4.78 is 4.84. The van der Waals surface area contributed by atoms with Crippen LogP contribution in [0.25, 0.3) is 0 Å². The van der Waals surface area contributed by atoms with Crippen LogP contribution in [0.4, 0.5) is 0 Å². The molecule has 2 unspecified atom stereocenters. The standard InChI is InChI=1S/C16H20Cl2O4/c17-12-8-11(15(20)9-12)3-1-10-2-4-13(14(18)7-10)16(21)22-6-5-19/h2,4,7,11-12,15,19-20H,1,3,5-6,8-9H2/t11-,12?,15?/m1/s1. The summed E-state index contributed by atoms with van der Waals surface area (Å²) in [6.45, 7) is -0.261. The van der Waals surface area contributed by atoms with Gasteiger partial charge in [-0.3, -0.25) is 0 Å². The van der Waals surface area contributed by atoms with Crippen molar-refractivity contribution in [2.24, 2.45) is 5.92 Å². The van der Waals surface area contributed by atoms with Crippen molar-refractivity contribution in [3.05, 3.63) is 34.3 Å². The smallest absolute Gasteiger partial charge is 0.339 e. The molecule has 4 nitrogen and oxygen atoms in total. The molecule has 3 atom stereocenters. The summed E-state index contributed by atoms with van der Waals surface area (Å²) in [6.07, 6.45) is 2.78. The van der Waals surface area contributed by atoms with Gasteiger partial charge in [-0.25, -0.2) is 4.79 Å². The fourth-order valence-electron chi connectivity index (χ4n) is 2.79. The Hall–Kier alpha value is -0.810. The number of carbonyl (C=O) groups excluding carboxylic acids is 1. The number of ether oxygens (including phenoxy) is 1. The van der Waals surface area contributed by atoms with Gasteiger partial charge >= 0.3 is 5.97 Å². The highest BCUT2D eigenvalue weighted by Gasteiger charge is 2.31. The molecule has 0 heterocycles. The van der Waals surface area contributed by atoms with Crippen molar-refractivity contribution in [1.29, 1.82) is 0 Å². The predicted octanol–water partition coefficient (Wildman–Crippen LogP) is 2.80. The highest BCUT2D eigenvalue weighted by Crippen LogP contribution is 2.33. The summed E-state index contributed by atoms with van der Waals surface area (Å²) in [5.74, 6) is -0.322. The molecular weight excluding hydrogens is 327 g/mol. The molecule has 0 saturated heterocycles. The van der Waals surface area contributed by atoms with Crippen LogP contribution in [0.3, 0.4) is 0 Å². The van der Waals surface area contributed by atoms with E-state index in [1.807, 2.05) is 6.07 Å². The van der Waals surface area contributed by atoms with E-state index in [9.17, 15) is 9.90 Å². The largest absolute Gasteiger partial charge is 0.460 e. The lowest BCUT2D eigenvalue weighted by atomic mass is 9.96. The number of rotatable bonds is 6. The molecule has 1 saturated carbocycles. The van der Waals surface area contributed by atoms with Crippen molar-refractivity contribution in [3.63, 3.8) is 0 Å². The van der Waals surface area contributed by atoms with Gasteiger partial charge in [-0.2, -0.15) is 0 Å². The second-order valence-corrected chi connectivity index (χ2v) is 6.63. The SMILES string of the molecule is O=C(OCCO)c1ccc(CC[C@@H]2CC(Cl)CC2O)cc1Cl. The van der Waals surface area contributed by atoms with Gasteiger partial charge in [0, 0.05) is 5.38 Å². The van der Waals surface area contributed by atoms with E-state index in [1.54, 1.807) is 12.1 Å². The molecule has 22 heavy (non-hydrogen) atoms. The van der Waals surface area contributed by atoms with E-state index in [0.29, 0.717) is 17.0 Å². The number of benzene rings is 1. The zero-order valence-electron chi connectivity index (χ0n) is 12.2. The molecule has 0 bridgehead atoms. The number of aliphatic hydroxyl groups is 2. The summed E-state index contributed by atoms with van der Waals surface area (Å²) in [7, 11) is 0. The maximum atomic E-state index is 11.7. The van der Waals surface area contributed by atoms with Crippen LogP contribution in [0.1, 0.15) is 35.2 Å². The van der Waals surface area contributed by atoms with E-state index >= 15 is 0 Å². The Bertz CT molecular complexity index is 521. The van der Waals surface area contributed by atoms with Gasteiger partial charge in [-0.1, -0.05) is 17.7 Å². The monoisotopic (exact) mass is 346 g/mol. The second kappa shape index (κ2) is 8.16. The number of carbonyl (C=O) groups is 1. The van der Waals surface area contributed by atoms with Gasteiger partial charge in [-0.15, -0.1) is 11.6 Å². The maximum Gasteiger partial charge on any atom is 0.339 e. The van der Waals surface area contributed by atoms with Crippen LogP contribution in [-0.2, 0) is 11.2 Å². The van der Waals surface area contributed by atoms with Crippen molar-refractivity contribution >= 4 is 29.2 Å². The van der Waals surface area contributed by atoms with Gasteiger partial charge in [0.2, 0.25) is 0 Å². The number of halogens is 2. The molecule has 0 aliphatic heterocycles. The van der Waals surface area contributed by atoms with Crippen molar-refractivity contribution in [1.82, 2.24) is 0 Å². The first-order valence-electron chi connectivity index (χ1n) is 7.39. The molecule has 0 aromatic heterocycles. The molecule has 0 amide bonds. The van der Waals surface area contributed by atoms with Crippen LogP contribution in [0.5, 0.6) is 0 Å². The lowest BCUT2D eigenvalue weighted by Gasteiger charge is -2.14. The Morgan fingerprint density at radius 3 is 2.73 bits per heavy atom. The second-order valence-electron chi connectivity index (χ2n) is 5.61. The highest BCUT2D eigenvalue weighted by molar-refractivity contribution is 6.33. The number of alkyl halides is 1. The van der Waals surface area contributed by atoms with E-state index < -0.39 is 5.97 Å². The first kappa shape index (κ1) is 17.5. The van der Waals surface area contributed by atoms with Crippen molar-refractivity contribution in [2.75, 3.05) is 13.2 Å². The molecule has 1 aromatic carbocycles. The number of hydrogen-bond donors (Lipinski definition) is 2. The Morgan fingerprint density at radius 1 is 1.36 bits per heavy atom. The molecule has 2 N–H and O–H groups in total. The molecule has 122 valence electrons. The van der Waals surface area contributed by atoms with Crippen molar-refractivity contribution < 1.29 is 19.7 Å². The minimum Gasteiger partial charge on any atom is -0.460 e. The first-order valence-corrected chi connectivity index (χ1v) is 8.21. The van der Waals surface area contributed by atoms with Crippen LogP contribution in [-0.4, -0.2) is 40.9 Å². The fraction of sp³-hybridized carbons (Fsp3) is 0.562. The van der Waals surface area contributed by atoms with Crippen LogP contribution in [0, 0.1) is 5.92 Å². The maximum absolute atomic E-state index is 11.7. The van der Waals surface area contributed by atoms with Crippen LogP contribution in [0.2, 0.25) is 5.02 Å². The summed E-state index contributed by atoms with van der Waals surface area (Å²) in [5.41, 5.74) is 1.30. The third-order valence-electron chi connectivity index (χ3n) is 3.98. The Kier molecular flexibility index (Phi) is 6.50. The summed E-state index contributed by atoms with van der Waals surface area (Å²) >= 11 is 12.2. The van der Waals surface area contributed by atoms with Crippen molar-refractivity contribution in [3.8, 4) is 0 Å². The third kappa shape index (κ3) is 4.59. The lowest BCUT2D eigenvalue weighted by molar-refractivity contribution is 0.0434. The molecular formula is C16H20Cl2O4. The summed E-state index contributed by atoms with van der Waals surface area (Å²) in [5, 5.41) is 18.9. The molecule has 1 aliphatic carbocycles. The lowest BCUT2D eigenvalue weighted by Crippen LogP contribution is -2.13. The van der Waals surface area contributed by atoms with Crippen LogP contribution >= 0.6 is 23.2 Å². The molecule has 1 fully saturated rings. The van der Waals surface area contributed by atoms with E-state index in [2.05, 4.69) is 0 Å². The minimum absolute atomic E-state index is 0.0456. The third-order valence-corrected chi connectivity index (χ3v) is 4.65. The van der Waals surface area contributed by atoms with Gasteiger partial charge in [-0.05, 0) is 49.3 Å². The first-order chi connectivity index (χ1) is 10.5. The fourth-order valence-corrected chi connectivity index (χ4v) is 3.49. The number of aryl methyl sites for hydroxylation is 1. The Labute approximate surface area is 140 Å². The van der Waals surface area contributed by atoms with Crippen LogP contribution < -0.4 is 0 Å². The summed E-state index contributed by atoms with van der Waals surface area (Å²) in [4.78, 5) is 11.7. The van der Waals surface area contributed by atoms with E-state index in [-0.39, 0.29) is 30.6 Å². The van der Waals surface area contributed by atoms with E-state index in [4.69, 9.17) is 33.0 Å². The molecule has 0 radical (unpaired) electrons. The molecule has 2 rings (SSSR count). The average molecular weight is 347 g/mol. The Morgan fingerprint density at radius 2 is 2.14 bits per heavy atom. The van der Waals surface area contributed by atoms with E-state index in [1.165, 1.54) is 0 Å². The number of aliphatic hydroxyl groups excluding tert-OH is 2. The molecule has 1 aliphatic rings. The van der Waals surface area contributed by atoms with Gasteiger partial charge in [0.25, 0.3) is 0 Å². The van der Waals surface area contributed by atoms with Crippen LogP contribution in [0.15, 0.2) is 18.2 Å². The normalized spacial score (nSPS) is 24.5. The van der Waals surface area contributed by atoms with E-state index in [0.717, 1.165) is 24.8 Å². The number of hydrogen-bond acceptors (Lipinski definition) is 4. The number of esters is 1. The zero-order valence-corrected chi connectivity index (χ0v) is 13.7. The average Bonchev–Trinajstić information content (AvgIpc) is 2.80. The van der Waals surface area contributed by atoms with Gasteiger partial charge in [0.1, 0.15) is 6.61 Å². The molecule has 1 aromatic rings. The molecule has 6 heteroatoms. The minimum atomic E-state index is -0.540. The summed E-state index contributed by atoms with van der Waals surface area (Å²) in [6, 6.07) is 5.21. The highest BCUT2D eigenvalue weighted by atomic mass is 35.5. The zero-order chi connectivity index (χ0) is 16.1. The van der Waals surface area contributed by atoms with Crippen molar-refractivity contribution in [2.45, 2.75) is 37.2 Å². The van der Waals surface area contributed by atoms with Gasteiger partial charge in [0.05, 0.1) is 23.3 Å². The van der Waals surface area contributed by atoms with Gasteiger partial charge in [0.15, 0.2) is 0 Å². The van der Waals surface area contributed by atoms with Gasteiger partial charge < -0.3 is 14.9 Å².